The second-order valence-corrected chi connectivity index (χ2v) is 5.17. The molecule has 0 radical (unpaired) electrons. The molecule has 134 valence electrons. The zero-order chi connectivity index (χ0) is 18.4. The predicted octanol–water partition coefficient (Wildman–Crippen LogP) is 1.80. The third-order valence-electron chi connectivity index (χ3n) is 3.36. The van der Waals surface area contributed by atoms with Gasteiger partial charge in [-0.25, -0.2) is 0 Å². The molecule has 23 heavy (non-hydrogen) atoms. The highest BCUT2D eigenvalue weighted by Crippen LogP contribution is 2.05. The Labute approximate surface area is 139 Å². The van der Waals surface area contributed by atoms with E-state index in [2.05, 4.69) is 10.6 Å². The summed E-state index contributed by atoms with van der Waals surface area (Å²) in [7, 11) is 1.67. The number of ketones is 3. The fourth-order valence-corrected chi connectivity index (χ4v) is 2.00. The summed E-state index contributed by atoms with van der Waals surface area (Å²) in [4.78, 5) is 45.9. The van der Waals surface area contributed by atoms with E-state index in [-0.39, 0.29) is 42.1 Å². The number of hydrogen-bond donors (Lipinski definition) is 2. The molecule has 0 aromatic carbocycles. The number of nitrogens with one attached hydrogen (secondary N) is 2. The van der Waals surface area contributed by atoms with Gasteiger partial charge in [-0.1, -0.05) is 20.8 Å². The highest BCUT2D eigenvalue weighted by atomic mass is 16.2. The van der Waals surface area contributed by atoms with E-state index in [4.69, 9.17) is 0 Å². The van der Waals surface area contributed by atoms with Crippen LogP contribution in [0.4, 0.5) is 0 Å². The van der Waals surface area contributed by atoms with Gasteiger partial charge in [-0.3, -0.25) is 14.4 Å². The van der Waals surface area contributed by atoms with E-state index in [1.54, 1.807) is 14.0 Å². The number of amides is 1. The van der Waals surface area contributed by atoms with E-state index in [0.29, 0.717) is 19.3 Å². The molecule has 6 nitrogen and oxygen atoms in total. The van der Waals surface area contributed by atoms with Gasteiger partial charge in [-0.2, -0.15) is 0 Å². The van der Waals surface area contributed by atoms with Crippen molar-refractivity contribution in [3.8, 4) is 0 Å². The van der Waals surface area contributed by atoms with E-state index < -0.39 is 6.04 Å². The average Bonchev–Trinajstić information content (AvgIpc) is 2.52. The summed E-state index contributed by atoms with van der Waals surface area (Å²) < 4.78 is 0. The predicted molar refractivity (Wildman–Crippen MR) is 91.3 cm³/mol. The van der Waals surface area contributed by atoms with Crippen LogP contribution in [-0.2, 0) is 19.2 Å². The van der Waals surface area contributed by atoms with Gasteiger partial charge in [-0.05, 0) is 33.7 Å². The molecule has 0 aromatic rings. The van der Waals surface area contributed by atoms with E-state index in [0.717, 1.165) is 0 Å². The zero-order valence-corrected chi connectivity index (χ0v) is 15.3. The van der Waals surface area contributed by atoms with E-state index >= 15 is 0 Å². The lowest BCUT2D eigenvalue weighted by molar-refractivity contribution is -0.128. The third kappa shape index (κ3) is 11.6. The van der Waals surface area contributed by atoms with Crippen molar-refractivity contribution in [2.45, 2.75) is 78.8 Å². The fourth-order valence-electron chi connectivity index (χ4n) is 2.00. The Morgan fingerprint density at radius 1 is 0.913 bits per heavy atom. The highest BCUT2D eigenvalue weighted by Gasteiger charge is 2.20. The Hall–Kier alpha value is -1.56. The maximum absolute atomic E-state index is 11.9. The molecule has 0 heterocycles. The molecule has 2 unspecified atom stereocenters. The Balaban J connectivity index is 0. The van der Waals surface area contributed by atoms with Crippen LogP contribution in [0.3, 0.4) is 0 Å². The van der Waals surface area contributed by atoms with Crippen LogP contribution in [-0.4, -0.2) is 42.4 Å². The third-order valence-corrected chi connectivity index (χ3v) is 3.36. The van der Waals surface area contributed by atoms with Crippen LogP contribution in [0.15, 0.2) is 0 Å². The van der Waals surface area contributed by atoms with Crippen molar-refractivity contribution in [2.75, 3.05) is 7.05 Å². The minimum absolute atomic E-state index is 0.00928. The normalized spacial score (nSPS) is 12.4. The van der Waals surface area contributed by atoms with Crippen LogP contribution in [0.25, 0.3) is 0 Å². The first-order valence-corrected chi connectivity index (χ1v) is 8.31. The summed E-state index contributed by atoms with van der Waals surface area (Å²) in [5.41, 5.74) is 0. The summed E-state index contributed by atoms with van der Waals surface area (Å²) in [6.45, 7) is 8.65. The number of rotatable bonds is 11. The lowest BCUT2D eigenvalue weighted by Gasteiger charge is -2.17. The molecule has 0 spiro atoms. The molecule has 0 fully saturated rings. The standard InChI is InChI=1S/C15H26N2O4.C2H6/c1-5-14(20)13(7-6-10(2)18)17-15(21)9-8-12(16-4)11(3)19;1-2/h12-13,16H,5-9H2,1-4H3,(H,17,21);1-2H3. The molecule has 0 saturated carbocycles. The van der Waals surface area contributed by atoms with Crippen LogP contribution in [0.1, 0.15) is 66.7 Å². The maximum atomic E-state index is 11.9. The maximum Gasteiger partial charge on any atom is 0.220 e. The van der Waals surface area contributed by atoms with Crippen LogP contribution >= 0.6 is 0 Å². The van der Waals surface area contributed by atoms with Gasteiger partial charge in [-0.15, -0.1) is 0 Å². The number of carbonyl (C=O) groups excluding carboxylic acids is 4. The van der Waals surface area contributed by atoms with Gasteiger partial charge in [0.25, 0.3) is 0 Å². The van der Waals surface area contributed by atoms with Gasteiger partial charge in [0.2, 0.25) is 5.91 Å². The first-order chi connectivity index (χ1) is 10.8. The summed E-state index contributed by atoms with van der Waals surface area (Å²) in [6, 6.07) is -0.968. The molecule has 0 saturated heterocycles. The largest absolute Gasteiger partial charge is 0.346 e. The van der Waals surface area contributed by atoms with Gasteiger partial charge in [0.1, 0.15) is 11.6 Å². The zero-order valence-electron chi connectivity index (χ0n) is 15.3. The van der Waals surface area contributed by atoms with Crippen LogP contribution < -0.4 is 10.6 Å². The summed E-state index contributed by atoms with van der Waals surface area (Å²) >= 11 is 0. The summed E-state index contributed by atoms with van der Waals surface area (Å²) in [6.07, 6.45) is 1.46. The van der Waals surface area contributed by atoms with Crippen molar-refractivity contribution >= 4 is 23.3 Å². The second-order valence-electron chi connectivity index (χ2n) is 5.17. The summed E-state index contributed by atoms with van der Waals surface area (Å²) in [5, 5.41) is 5.50. The Kier molecular flexibility index (Phi) is 14.5. The molecule has 0 aliphatic rings. The number of likely N-dealkylation sites (N-methyl/N-ethyl adjacent to an activating group) is 1. The molecule has 0 aliphatic carbocycles. The Morgan fingerprint density at radius 2 is 1.43 bits per heavy atom. The monoisotopic (exact) mass is 328 g/mol. The smallest absolute Gasteiger partial charge is 0.220 e. The number of carbonyl (C=O) groups is 4. The lowest BCUT2D eigenvalue weighted by atomic mass is 10.0. The number of Topliss-reactive ketones (excluding diaryl/α,β-unsaturated/α-hetero) is 3. The molecular formula is C17H32N2O4. The van der Waals surface area contributed by atoms with Crippen LogP contribution in [0.2, 0.25) is 0 Å². The van der Waals surface area contributed by atoms with Crippen molar-refractivity contribution in [3.63, 3.8) is 0 Å². The molecule has 1 amide bonds. The molecule has 0 aromatic heterocycles. The van der Waals surface area contributed by atoms with Crippen molar-refractivity contribution in [2.24, 2.45) is 0 Å². The lowest BCUT2D eigenvalue weighted by Crippen LogP contribution is -2.42. The Bertz CT molecular complexity index is 394. The van der Waals surface area contributed by atoms with Gasteiger partial charge < -0.3 is 15.4 Å². The summed E-state index contributed by atoms with van der Waals surface area (Å²) in [5.74, 6) is -0.388. The minimum atomic E-state index is -0.614. The van der Waals surface area contributed by atoms with E-state index in [1.165, 1.54) is 13.8 Å². The quantitative estimate of drug-likeness (QED) is 0.603. The topological polar surface area (TPSA) is 92.3 Å². The highest BCUT2D eigenvalue weighted by molar-refractivity contribution is 5.89. The van der Waals surface area contributed by atoms with Gasteiger partial charge in [0.05, 0.1) is 12.1 Å². The van der Waals surface area contributed by atoms with Gasteiger partial charge >= 0.3 is 0 Å². The fraction of sp³-hybridized carbons (Fsp3) is 0.765. The van der Waals surface area contributed by atoms with Gasteiger partial charge in [0, 0.05) is 19.3 Å². The Morgan fingerprint density at radius 3 is 1.83 bits per heavy atom. The van der Waals surface area contributed by atoms with Crippen molar-refractivity contribution in [3.05, 3.63) is 0 Å². The SMILES string of the molecule is CC.CCC(=O)C(CCC(C)=O)NC(=O)CCC(NC)C(C)=O. The van der Waals surface area contributed by atoms with Gasteiger partial charge in [0.15, 0.2) is 5.78 Å². The number of hydrogen-bond acceptors (Lipinski definition) is 5. The van der Waals surface area contributed by atoms with Crippen LogP contribution in [0.5, 0.6) is 0 Å². The second kappa shape index (κ2) is 14.1. The molecule has 0 aliphatic heterocycles. The van der Waals surface area contributed by atoms with Crippen LogP contribution in [0, 0.1) is 0 Å². The molecule has 0 bridgehead atoms. The molecule has 0 rings (SSSR count). The molecule has 2 atom stereocenters. The van der Waals surface area contributed by atoms with Crippen molar-refractivity contribution in [1.29, 1.82) is 0 Å². The first kappa shape index (κ1) is 23.7. The minimum Gasteiger partial charge on any atom is -0.346 e. The van der Waals surface area contributed by atoms with E-state index in [1.807, 2.05) is 13.8 Å². The first-order valence-electron chi connectivity index (χ1n) is 8.31. The molecule has 6 heteroatoms. The van der Waals surface area contributed by atoms with Crippen molar-refractivity contribution < 1.29 is 19.2 Å². The average molecular weight is 328 g/mol. The van der Waals surface area contributed by atoms with E-state index in [9.17, 15) is 19.2 Å². The molecule has 2 N–H and O–H groups in total. The van der Waals surface area contributed by atoms with Crippen molar-refractivity contribution in [1.82, 2.24) is 10.6 Å². The molecular weight excluding hydrogens is 296 g/mol.